The number of fused-ring (bicyclic) bond motifs is 1. The summed E-state index contributed by atoms with van der Waals surface area (Å²) >= 11 is 0. The van der Waals surface area contributed by atoms with E-state index in [1.165, 1.54) is 42.6 Å². The molecular weight excluding hydrogens is 234 g/mol. The van der Waals surface area contributed by atoms with E-state index in [0.717, 1.165) is 19.1 Å². The predicted octanol–water partition coefficient (Wildman–Crippen LogP) is 3.54. The van der Waals surface area contributed by atoms with E-state index in [-0.39, 0.29) is 0 Å². The van der Waals surface area contributed by atoms with E-state index in [1.807, 2.05) is 0 Å². The van der Waals surface area contributed by atoms with Crippen LogP contribution in [0, 0.1) is 0 Å². The molecule has 0 saturated heterocycles. The van der Waals surface area contributed by atoms with Gasteiger partial charge in [0.15, 0.2) is 0 Å². The molecule has 2 aliphatic rings. The van der Waals surface area contributed by atoms with Crippen LogP contribution in [0.1, 0.15) is 56.7 Å². The van der Waals surface area contributed by atoms with Crippen molar-refractivity contribution in [3.05, 3.63) is 23.4 Å². The van der Waals surface area contributed by atoms with E-state index < -0.39 is 0 Å². The van der Waals surface area contributed by atoms with Crippen molar-refractivity contribution in [3.8, 4) is 0 Å². The maximum atomic E-state index is 3.71. The molecule has 0 aromatic carbocycles. The van der Waals surface area contributed by atoms with Crippen LogP contribution in [0.25, 0.3) is 6.08 Å². The van der Waals surface area contributed by atoms with Gasteiger partial charge in [-0.15, -0.1) is 0 Å². The van der Waals surface area contributed by atoms with Gasteiger partial charge in [0, 0.05) is 36.9 Å². The zero-order chi connectivity index (χ0) is 13.2. The van der Waals surface area contributed by atoms with Crippen molar-refractivity contribution < 1.29 is 0 Å². The third-order valence-electron chi connectivity index (χ3n) is 4.10. The second kappa shape index (κ2) is 5.41. The fraction of sp³-hybridized carbons (Fsp3) is 0.625. The molecule has 0 amide bonds. The molecule has 1 aromatic rings. The molecule has 2 N–H and O–H groups in total. The maximum absolute atomic E-state index is 3.71. The van der Waals surface area contributed by atoms with Gasteiger partial charge in [0.05, 0.1) is 0 Å². The van der Waals surface area contributed by atoms with Crippen LogP contribution in [0.5, 0.6) is 0 Å². The molecule has 3 rings (SSSR count). The summed E-state index contributed by atoms with van der Waals surface area (Å²) in [5, 5.41) is 7.25. The number of hydrogen-bond acceptors (Lipinski definition) is 2. The number of nitrogens with one attached hydrogen (secondary N) is 2. The molecular formula is C16H25N3. The molecule has 1 unspecified atom stereocenters. The van der Waals surface area contributed by atoms with Crippen molar-refractivity contribution in [1.29, 1.82) is 0 Å². The van der Waals surface area contributed by atoms with Gasteiger partial charge in [-0.05, 0) is 31.7 Å². The zero-order valence-electron chi connectivity index (χ0n) is 12.1. The highest BCUT2D eigenvalue weighted by atomic mass is 15.1. The Balaban J connectivity index is 1.85. The van der Waals surface area contributed by atoms with Crippen molar-refractivity contribution in [2.24, 2.45) is 0 Å². The molecule has 0 bridgehead atoms. The van der Waals surface area contributed by atoms with Gasteiger partial charge in [-0.2, -0.15) is 0 Å². The SMILES string of the molecule is CCCCn1cc(C(C)NC2CC2)c2c1NCC=C2. The summed E-state index contributed by atoms with van der Waals surface area (Å²) in [4.78, 5) is 0. The number of aryl methyl sites for hydroxylation is 1. The Kier molecular flexibility index (Phi) is 3.65. The molecule has 104 valence electrons. The second-order valence-corrected chi connectivity index (χ2v) is 5.84. The van der Waals surface area contributed by atoms with E-state index in [4.69, 9.17) is 0 Å². The van der Waals surface area contributed by atoms with Gasteiger partial charge in [-0.1, -0.05) is 25.5 Å². The smallest absolute Gasteiger partial charge is 0.113 e. The maximum Gasteiger partial charge on any atom is 0.113 e. The van der Waals surface area contributed by atoms with Gasteiger partial charge in [0.25, 0.3) is 0 Å². The highest BCUT2D eigenvalue weighted by Gasteiger charge is 2.26. The average Bonchev–Trinajstić information content (AvgIpc) is 3.16. The lowest BCUT2D eigenvalue weighted by Crippen LogP contribution is -2.21. The van der Waals surface area contributed by atoms with Crippen molar-refractivity contribution in [2.45, 2.75) is 58.2 Å². The van der Waals surface area contributed by atoms with Gasteiger partial charge in [-0.25, -0.2) is 0 Å². The molecule has 0 spiro atoms. The van der Waals surface area contributed by atoms with Gasteiger partial charge in [-0.3, -0.25) is 0 Å². The van der Waals surface area contributed by atoms with Crippen LogP contribution in [0.3, 0.4) is 0 Å². The molecule has 1 saturated carbocycles. The lowest BCUT2D eigenvalue weighted by Gasteiger charge is -2.16. The summed E-state index contributed by atoms with van der Waals surface area (Å²) in [6, 6.07) is 1.21. The Morgan fingerprint density at radius 2 is 2.32 bits per heavy atom. The molecule has 1 aliphatic carbocycles. The standard InChI is InChI=1S/C16H25N3/c1-3-4-10-19-11-15(12(2)18-13-7-8-13)14-6-5-9-17-16(14)19/h5-6,11-13,17-18H,3-4,7-10H2,1-2H3. The van der Waals surface area contributed by atoms with Crippen LogP contribution in [0.4, 0.5) is 5.82 Å². The van der Waals surface area contributed by atoms with Crippen molar-refractivity contribution >= 4 is 11.9 Å². The summed E-state index contributed by atoms with van der Waals surface area (Å²) in [5.74, 6) is 1.32. The summed E-state index contributed by atoms with van der Waals surface area (Å²) in [7, 11) is 0. The van der Waals surface area contributed by atoms with E-state index in [1.54, 1.807) is 0 Å². The molecule has 1 aliphatic heterocycles. The molecule has 2 heterocycles. The summed E-state index contributed by atoms with van der Waals surface area (Å²) in [6.07, 6.45) is 12.0. The molecule has 0 radical (unpaired) electrons. The van der Waals surface area contributed by atoms with Gasteiger partial charge >= 0.3 is 0 Å². The summed E-state index contributed by atoms with van der Waals surface area (Å²) in [5.41, 5.74) is 2.84. The van der Waals surface area contributed by atoms with Crippen LogP contribution in [-0.2, 0) is 6.54 Å². The van der Waals surface area contributed by atoms with Gasteiger partial charge in [0.1, 0.15) is 5.82 Å². The van der Waals surface area contributed by atoms with Gasteiger partial charge < -0.3 is 15.2 Å². The number of hydrogen-bond donors (Lipinski definition) is 2. The van der Waals surface area contributed by atoms with Crippen LogP contribution in [0.15, 0.2) is 12.3 Å². The lowest BCUT2D eigenvalue weighted by molar-refractivity contribution is 0.566. The minimum Gasteiger partial charge on any atom is -0.367 e. The topological polar surface area (TPSA) is 29.0 Å². The Hall–Kier alpha value is -1.22. The summed E-state index contributed by atoms with van der Waals surface area (Å²) in [6.45, 7) is 6.62. The van der Waals surface area contributed by atoms with Crippen molar-refractivity contribution in [2.75, 3.05) is 11.9 Å². The number of nitrogens with zero attached hydrogens (tertiary/aromatic N) is 1. The number of aromatic nitrogens is 1. The Morgan fingerprint density at radius 1 is 1.47 bits per heavy atom. The first-order valence-electron chi connectivity index (χ1n) is 7.69. The van der Waals surface area contributed by atoms with E-state index in [9.17, 15) is 0 Å². The van der Waals surface area contributed by atoms with E-state index >= 15 is 0 Å². The highest BCUT2D eigenvalue weighted by molar-refractivity contribution is 5.71. The van der Waals surface area contributed by atoms with Crippen molar-refractivity contribution in [1.82, 2.24) is 9.88 Å². The molecule has 1 atom stereocenters. The van der Waals surface area contributed by atoms with E-state index in [0.29, 0.717) is 6.04 Å². The quantitative estimate of drug-likeness (QED) is 0.818. The molecule has 1 fully saturated rings. The van der Waals surface area contributed by atoms with Crippen LogP contribution >= 0.6 is 0 Å². The van der Waals surface area contributed by atoms with Gasteiger partial charge in [0.2, 0.25) is 0 Å². The molecule has 19 heavy (non-hydrogen) atoms. The predicted molar refractivity (Wildman–Crippen MR) is 81.4 cm³/mol. The monoisotopic (exact) mass is 259 g/mol. The number of anilines is 1. The first-order valence-corrected chi connectivity index (χ1v) is 7.69. The molecule has 3 heteroatoms. The number of rotatable bonds is 6. The van der Waals surface area contributed by atoms with Crippen LogP contribution in [-0.4, -0.2) is 17.2 Å². The highest BCUT2D eigenvalue weighted by Crippen LogP contribution is 2.33. The van der Waals surface area contributed by atoms with Crippen LogP contribution in [0.2, 0.25) is 0 Å². The minimum absolute atomic E-state index is 0.452. The fourth-order valence-corrected chi connectivity index (χ4v) is 2.84. The molecule has 1 aromatic heterocycles. The first-order chi connectivity index (χ1) is 9.29. The van der Waals surface area contributed by atoms with Crippen LogP contribution < -0.4 is 10.6 Å². The third kappa shape index (κ3) is 2.71. The third-order valence-corrected chi connectivity index (χ3v) is 4.10. The minimum atomic E-state index is 0.452. The largest absolute Gasteiger partial charge is 0.367 e. The lowest BCUT2D eigenvalue weighted by atomic mass is 10.0. The zero-order valence-corrected chi connectivity index (χ0v) is 12.1. The molecule has 3 nitrogen and oxygen atoms in total. The normalized spacial score (nSPS) is 19.1. The second-order valence-electron chi connectivity index (χ2n) is 5.84. The first kappa shape index (κ1) is 12.8. The van der Waals surface area contributed by atoms with Crippen molar-refractivity contribution in [3.63, 3.8) is 0 Å². The Bertz CT molecular complexity index is 469. The summed E-state index contributed by atoms with van der Waals surface area (Å²) < 4.78 is 2.41. The Labute approximate surface area is 116 Å². The average molecular weight is 259 g/mol. The number of unbranched alkanes of at least 4 members (excludes halogenated alkanes) is 1. The fourth-order valence-electron chi connectivity index (χ4n) is 2.84. The van der Waals surface area contributed by atoms with E-state index in [2.05, 4.69) is 47.4 Å². The Morgan fingerprint density at radius 3 is 3.05 bits per heavy atom.